The van der Waals surface area contributed by atoms with Crippen molar-refractivity contribution in [3.63, 3.8) is 0 Å². The number of pyridine rings is 1. The van der Waals surface area contributed by atoms with Crippen molar-refractivity contribution >= 4 is 35.0 Å². The molecule has 0 saturated carbocycles. The number of hydrogen-bond acceptors (Lipinski definition) is 9. The summed E-state index contributed by atoms with van der Waals surface area (Å²) >= 11 is 12.8. The molecule has 2 fully saturated rings. The number of aromatic nitrogens is 5. The topological polar surface area (TPSA) is 113 Å². The summed E-state index contributed by atoms with van der Waals surface area (Å²) in [6, 6.07) is 14.9. The minimum absolute atomic E-state index is 0.0380. The third-order valence-electron chi connectivity index (χ3n) is 10.5. The number of tetrazole rings is 1. The van der Waals surface area contributed by atoms with E-state index in [0.29, 0.717) is 33.6 Å². The van der Waals surface area contributed by atoms with Gasteiger partial charge in [0, 0.05) is 58.1 Å². The quantitative estimate of drug-likeness (QED) is 0.202. The van der Waals surface area contributed by atoms with Crippen LogP contribution in [-0.4, -0.2) is 130 Å². The number of hydrogen-bond donors (Lipinski definition) is 0. The molecule has 51 heavy (non-hydrogen) atoms. The molecule has 0 bridgehead atoms. The summed E-state index contributed by atoms with van der Waals surface area (Å²) in [4.78, 5) is 41.3. The van der Waals surface area contributed by atoms with Gasteiger partial charge in [-0.1, -0.05) is 42.3 Å². The standard InChI is InChI=1S/C37H45Cl2N9O3/c1-4-45-18-20-47(21-19-45)36(50)37(29-6-5-14-40-24-29)12-16-46(17-13-37)15-11-28(27-7-9-32(38)33(39)22-27)25-44(2)35(49)31-23-30(8-10-34(31)51-3)48-26-41-42-43-48/h5-10,14,22-24,26,28H,4,11-13,15-21,25H2,1-3H3. The summed E-state index contributed by atoms with van der Waals surface area (Å²) < 4.78 is 7.06. The number of halogens is 2. The average molecular weight is 735 g/mol. The average Bonchev–Trinajstić information content (AvgIpc) is 3.73. The molecule has 0 aliphatic carbocycles. The van der Waals surface area contributed by atoms with Crippen LogP contribution in [0.15, 0.2) is 67.3 Å². The molecular weight excluding hydrogens is 689 g/mol. The van der Waals surface area contributed by atoms with Gasteiger partial charge in [0.2, 0.25) is 5.91 Å². The zero-order valence-electron chi connectivity index (χ0n) is 29.4. The van der Waals surface area contributed by atoms with E-state index in [2.05, 4.69) is 48.2 Å². The molecule has 12 nitrogen and oxygen atoms in total. The zero-order chi connectivity index (χ0) is 36.0. The molecule has 4 heterocycles. The first kappa shape index (κ1) is 36.7. The molecule has 2 amide bonds. The van der Waals surface area contributed by atoms with E-state index in [4.69, 9.17) is 27.9 Å². The van der Waals surface area contributed by atoms with E-state index in [0.717, 1.165) is 82.7 Å². The highest BCUT2D eigenvalue weighted by molar-refractivity contribution is 6.42. The first-order chi connectivity index (χ1) is 24.7. The molecular formula is C37H45Cl2N9O3. The number of carbonyl (C=O) groups is 2. The highest BCUT2D eigenvalue weighted by Gasteiger charge is 2.45. The number of amides is 2. The highest BCUT2D eigenvalue weighted by atomic mass is 35.5. The molecule has 2 aliphatic heterocycles. The van der Waals surface area contributed by atoms with Gasteiger partial charge in [-0.15, -0.1) is 5.10 Å². The van der Waals surface area contributed by atoms with Crippen molar-refractivity contribution in [1.29, 1.82) is 0 Å². The number of methoxy groups -OCH3 is 1. The summed E-state index contributed by atoms with van der Waals surface area (Å²) in [6.07, 6.45) is 7.33. The van der Waals surface area contributed by atoms with Gasteiger partial charge in [0.05, 0.1) is 33.8 Å². The first-order valence-corrected chi connectivity index (χ1v) is 18.2. The van der Waals surface area contributed by atoms with Gasteiger partial charge in [-0.2, -0.15) is 0 Å². The van der Waals surface area contributed by atoms with Crippen molar-refractivity contribution in [1.82, 2.24) is 44.8 Å². The summed E-state index contributed by atoms with van der Waals surface area (Å²) in [5, 5.41) is 12.3. The molecule has 14 heteroatoms. The summed E-state index contributed by atoms with van der Waals surface area (Å²) in [5.41, 5.74) is 2.46. The van der Waals surface area contributed by atoms with Gasteiger partial charge in [-0.25, -0.2) is 4.68 Å². The number of nitrogens with zero attached hydrogens (tertiary/aromatic N) is 9. The first-order valence-electron chi connectivity index (χ1n) is 17.5. The molecule has 2 aliphatic rings. The zero-order valence-corrected chi connectivity index (χ0v) is 30.9. The molecule has 0 spiro atoms. The molecule has 270 valence electrons. The van der Waals surface area contributed by atoms with Crippen LogP contribution in [0.2, 0.25) is 10.0 Å². The van der Waals surface area contributed by atoms with Crippen LogP contribution in [0.4, 0.5) is 0 Å². The van der Waals surface area contributed by atoms with Crippen LogP contribution in [0.25, 0.3) is 5.69 Å². The number of benzene rings is 2. The number of piperidine rings is 1. The normalized spacial score (nSPS) is 17.2. The maximum absolute atomic E-state index is 14.3. The van der Waals surface area contributed by atoms with E-state index in [1.807, 2.05) is 30.5 Å². The Morgan fingerprint density at radius 1 is 0.980 bits per heavy atom. The maximum Gasteiger partial charge on any atom is 0.257 e. The Kier molecular flexibility index (Phi) is 11.9. The number of likely N-dealkylation sites (tertiary alicyclic amines) is 1. The molecule has 0 radical (unpaired) electrons. The molecule has 0 N–H and O–H groups in total. The largest absolute Gasteiger partial charge is 0.496 e. The van der Waals surface area contributed by atoms with Crippen LogP contribution in [-0.2, 0) is 10.2 Å². The van der Waals surface area contributed by atoms with Crippen molar-refractivity contribution in [2.24, 2.45) is 0 Å². The lowest BCUT2D eigenvalue weighted by atomic mass is 9.72. The van der Waals surface area contributed by atoms with Crippen molar-refractivity contribution in [2.75, 3.05) is 73.1 Å². The number of likely N-dealkylation sites (N-methyl/N-ethyl adjacent to an activating group) is 2. The second-order valence-electron chi connectivity index (χ2n) is 13.4. The van der Waals surface area contributed by atoms with E-state index in [1.54, 1.807) is 43.5 Å². The van der Waals surface area contributed by atoms with Gasteiger partial charge in [-0.3, -0.25) is 14.6 Å². The van der Waals surface area contributed by atoms with Crippen molar-refractivity contribution in [3.8, 4) is 11.4 Å². The van der Waals surface area contributed by atoms with Crippen LogP contribution < -0.4 is 4.74 Å². The predicted octanol–water partition coefficient (Wildman–Crippen LogP) is 4.82. The molecule has 2 aromatic heterocycles. The summed E-state index contributed by atoms with van der Waals surface area (Å²) in [7, 11) is 3.34. The van der Waals surface area contributed by atoms with Crippen LogP contribution >= 0.6 is 23.2 Å². The van der Waals surface area contributed by atoms with Gasteiger partial charge in [0.15, 0.2) is 0 Å². The van der Waals surface area contributed by atoms with E-state index in [1.165, 1.54) is 11.0 Å². The Hall–Kier alpha value is -4.10. The molecule has 1 atom stereocenters. The lowest BCUT2D eigenvalue weighted by molar-refractivity contribution is -0.141. The van der Waals surface area contributed by atoms with Gasteiger partial charge in [-0.05, 0) is 103 Å². The van der Waals surface area contributed by atoms with E-state index in [-0.39, 0.29) is 17.7 Å². The Morgan fingerprint density at radius 3 is 2.41 bits per heavy atom. The fourth-order valence-corrected chi connectivity index (χ4v) is 7.68. The van der Waals surface area contributed by atoms with Gasteiger partial charge in [0.25, 0.3) is 5.91 Å². The molecule has 6 rings (SSSR count). The van der Waals surface area contributed by atoms with Crippen LogP contribution in [0, 0.1) is 0 Å². The third kappa shape index (κ3) is 8.19. The van der Waals surface area contributed by atoms with E-state index < -0.39 is 5.41 Å². The Balaban J connectivity index is 1.17. The van der Waals surface area contributed by atoms with Crippen molar-refractivity contribution in [2.45, 2.75) is 37.5 Å². The lowest BCUT2D eigenvalue weighted by Gasteiger charge is -2.45. The van der Waals surface area contributed by atoms with Gasteiger partial charge < -0.3 is 24.3 Å². The lowest BCUT2D eigenvalue weighted by Crippen LogP contribution is -2.57. The Morgan fingerprint density at radius 2 is 1.76 bits per heavy atom. The summed E-state index contributed by atoms with van der Waals surface area (Å²) in [5.74, 6) is 0.453. The van der Waals surface area contributed by atoms with Crippen LogP contribution in [0.1, 0.15) is 53.6 Å². The third-order valence-corrected chi connectivity index (χ3v) is 11.3. The number of piperazine rings is 1. The SMILES string of the molecule is CCN1CCN(C(=O)C2(c3cccnc3)CCN(CCC(CN(C)C(=O)c3cc(-n4cnnn4)ccc3OC)c3ccc(Cl)c(Cl)c3)CC2)CC1. The number of rotatable bonds is 12. The molecule has 2 aromatic carbocycles. The smallest absolute Gasteiger partial charge is 0.257 e. The Bertz CT molecular complexity index is 1780. The number of carbonyl (C=O) groups excluding carboxylic acids is 2. The maximum atomic E-state index is 14.3. The van der Waals surface area contributed by atoms with Gasteiger partial charge in [0.1, 0.15) is 12.1 Å². The second kappa shape index (κ2) is 16.5. The monoisotopic (exact) mass is 733 g/mol. The van der Waals surface area contributed by atoms with E-state index >= 15 is 0 Å². The molecule has 1 unspecified atom stereocenters. The molecule has 4 aromatic rings. The van der Waals surface area contributed by atoms with E-state index in [9.17, 15) is 9.59 Å². The fraction of sp³-hybridized carbons (Fsp3) is 0.459. The predicted molar refractivity (Wildman–Crippen MR) is 197 cm³/mol. The Labute approximate surface area is 309 Å². The van der Waals surface area contributed by atoms with Gasteiger partial charge >= 0.3 is 0 Å². The van der Waals surface area contributed by atoms with Crippen molar-refractivity contribution < 1.29 is 14.3 Å². The highest BCUT2D eigenvalue weighted by Crippen LogP contribution is 2.38. The van der Waals surface area contributed by atoms with Crippen LogP contribution in [0.5, 0.6) is 5.75 Å². The van der Waals surface area contributed by atoms with Crippen LogP contribution in [0.3, 0.4) is 0 Å². The number of ether oxygens (including phenoxy) is 1. The minimum atomic E-state index is -0.592. The minimum Gasteiger partial charge on any atom is -0.496 e. The van der Waals surface area contributed by atoms with Crippen molar-refractivity contribution in [3.05, 3.63) is 94.0 Å². The fourth-order valence-electron chi connectivity index (χ4n) is 7.37. The second-order valence-corrected chi connectivity index (χ2v) is 14.2. The summed E-state index contributed by atoms with van der Waals surface area (Å²) in [6.45, 7) is 9.27. The molecule has 2 saturated heterocycles.